The molecule has 8 aromatic carbocycles. The van der Waals surface area contributed by atoms with Gasteiger partial charge in [-0.1, -0.05) is 146 Å². The van der Waals surface area contributed by atoms with Gasteiger partial charge in [-0.3, -0.25) is 10.3 Å². The summed E-state index contributed by atoms with van der Waals surface area (Å²) in [4.78, 5) is 4.94. The predicted molar refractivity (Wildman–Crippen MR) is 234 cm³/mol. The van der Waals surface area contributed by atoms with E-state index in [0.29, 0.717) is 0 Å². The van der Waals surface area contributed by atoms with E-state index in [4.69, 9.17) is 10.7 Å². The highest BCUT2D eigenvalue weighted by Gasteiger charge is 2.18. The van der Waals surface area contributed by atoms with E-state index in [9.17, 15) is 0 Å². The topological polar surface area (TPSA) is 60.3 Å². The van der Waals surface area contributed by atoms with Crippen molar-refractivity contribution in [3.63, 3.8) is 0 Å². The number of hydrogen-bond donors (Lipinski definition) is 2. The highest BCUT2D eigenvalue weighted by molar-refractivity contribution is 6.12. The van der Waals surface area contributed by atoms with Crippen LogP contribution in [0.2, 0.25) is 0 Å². The number of para-hydroxylation sites is 3. The molecule has 5 nitrogen and oxygen atoms in total. The first-order valence-electron chi connectivity index (χ1n) is 19.1. The van der Waals surface area contributed by atoms with E-state index in [-0.39, 0.29) is 6.17 Å². The molecule has 0 saturated heterocycles. The summed E-state index contributed by atoms with van der Waals surface area (Å²) < 4.78 is 4.73. The van der Waals surface area contributed by atoms with Gasteiger partial charge in [-0.15, -0.1) is 0 Å². The Morgan fingerprint density at radius 2 is 0.964 bits per heavy atom. The van der Waals surface area contributed by atoms with Crippen molar-refractivity contribution in [1.29, 1.82) is 0 Å². The second-order valence-corrected chi connectivity index (χ2v) is 14.2. The van der Waals surface area contributed by atoms with Gasteiger partial charge in [0.25, 0.3) is 0 Å². The number of rotatable bonds is 9. The third-order valence-corrected chi connectivity index (χ3v) is 10.8. The van der Waals surface area contributed by atoms with E-state index >= 15 is 0 Å². The van der Waals surface area contributed by atoms with Crippen LogP contribution in [0.5, 0.6) is 0 Å². The van der Waals surface area contributed by atoms with Crippen molar-refractivity contribution in [3.8, 4) is 22.5 Å². The zero-order valence-corrected chi connectivity index (χ0v) is 30.7. The molecule has 0 bridgehead atoms. The minimum absolute atomic E-state index is 0.324. The Kier molecular flexibility index (Phi) is 8.56. The van der Waals surface area contributed by atoms with Crippen molar-refractivity contribution < 1.29 is 0 Å². The Bertz CT molecular complexity index is 3020. The van der Waals surface area contributed by atoms with Gasteiger partial charge in [-0.25, -0.2) is 0 Å². The third kappa shape index (κ3) is 6.06. The Balaban J connectivity index is 1.03. The van der Waals surface area contributed by atoms with Gasteiger partial charge >= 0.3 is 0 Å². The van der Waals surface area contributed by atoms with E-state index in [1.165, 1.54) is 43.7 Å². The molecule has 0 aliphatic heterocycles. The molecule has 2 aromatic heterocycles. The monoisotopic (exact) mass is 721 g/mol. The molecule has 0 saturated carbocycles. The molecule has 268 valence electrons. The van der Waals surface area contributed by atoms with Crippen molar-refractivity contribution in [1.82, 2.24) is 14.5 Å². The van der Waals surface area contributed by atoms with Gasteiger partial charge in [0.15, 0.2) is 0 Å². The lowest BCUT2D eigenvalue weighted by Crippen LogP contribution is -2.31. The summed E-state index contributed by atoms with van der Waals surface area (Å²) in [6.07, 6.45) is 1.12. The van der Waals surface area contributed by atoms with E-state index in [1.54, 1.807) is 0 Å². The Hall–Kier alpha value is -7.05. The molecule has 56 heavy (non-hydrogen) atoms. The summed E-state index contributed by atoms with van der Waals surface area (Å²) in [5.74, 6) is 0. The van der Waals surface area contributed by atoms with Crippen LogP contribution in [0, 0.1) is 0 Å². The van der Waals surface area contributed by atoms with E-state index in [0.717, 1.165) is 39.1 Å². The number of nitrogens with two attached hydrogens (primary N) is 1. The number of aliphatic imine (C=N–C) groups is 1. The average Bonchev–Trinajstić information content (AvgIpc) is 3.78. The van der Waals surface area contributed by atoms with Crippen LogP contribution in [0.3, 0.4) is 0 Å². The number of aromatic nitrogens is 2. The number of nitrogens with one attached hydrogen (secondary N) is 1. The molecule has 0 aliphatic rings. The van der Waals surface area contributed by atoms with Gasteiger partial charge in [0, 0.05) is 39.1 Å². The molecule has 0 amide bonds. The summed E-state index contributed by atoms with van der Waals surface area (Å²) in [6.45, 7) is 0. The first kappa shape index (κ1) is 33.5. The molecule has 10 rings (SSSR count). The van der Waals surface area contributed by atoms with E-state index in [1.807, 2.05) is 54.7 Å². The van der Waals surface area contributed by atoms with Gasteiger partial charge in [0.2, 0.25) is 0 Å². The van der Waals surface area contributed by atoms with Gasteiger partial charge in [-0.2, -0.15) is 0 Å². The second-order valence-electron chi connectivity index (χ2n) is 14.2. The molecule has 0 aliphatic carbocycles. The quantitative estimate of drug-likeness (QED) is 0.115. The minimum Gasteiger partial charge on any atom is -0.312 e. The summed E-state index contributed by atoms with van der Waals surface area (Å²) in [5.41, 5.74) is 19.3. The minimum atomic E-state index is -0.464. The fourth-order valence-electron chi connectivity index (χ4n) is 8.12. The smallest absolute Gasteiger partial charge is 0.127 e. The highest BCUT2D eigenvalue weighted by Crippen LogP contribution is 2.38. The van der Waals surface area contributed by atoms with Gasteiger partial charge < -0.3 is 14.9 Å². The molecule has 2 atom stereocenters. The SMILES string of the molecule is NC(NC(N=Cc1ccccc1)c1ccccc1)c1cccc(-n2c3ccccc3c3cc(-c4ccc5c6ccccc6n(-c6ccccc6)c5c4)ccc32)c1. The van der Waals surface area contributed by atoms with Crippen LogP contribution in [0.15, 0.2) is 205 Å². The maximum absolute atomic E-state index is 6.95. The van der Waals surface area contributed by atoms with Crippen LogP contribution in [0.25, 0.3) is 66.1 Å². The lowest BCUT2D eigenvalue weighted by molar-refractivity contribution is 0.467. The lowest BCUT2D eigenvalue weighted by Gasteiger charge is -2.22. The van der Waals surface area contributed by atoms with Crippen molar-refractivity contribution in [3.05, 3.63) is 217 Å². The van der Waals surface area contributed by atoms with Gasteiger partial charge in [0.05, 0.1) is 28.2 Å². The maximum Gasteiger partial charge on any atom is 0.127 e. The molecule has 0 spiro atoms. The van der Waals surface area contributed by atoms with Crippen LogP contribution in [0.1, 0.15) is 29.0 Å². The van der Waals surface area contributed by atoms with Crippen LogP contribution >= 0.6 is 0 Å². The van der Waals surface area contributed by atoms with Crippen molar-refractivity contribution in [2.45, 2.75) is 12.3 Å². The van der Waals surface area contributed by atoms with E-state index < -0.39 is 6.17 Å². The molecular formula is C51H39N5. The van der Waals surface area contributed by atoms with Crippen LogP contribution in [-0.4, -0.2) is 15.3 Å². The summed E-state index contributed by atoms with van der Waals surface area (Å²) in [6, 6.07) is 70.6. The maximum atomic E-state index is 6.95. The Labute approximate surface area is 325 Å². The molecule has 2 unspecified atom stereocenters. The molecule has 10 aromatic rings. The zero-order valence-electron chi connectivity index (χ0n) is 30.7. The Morgan fingerprint density at radius 3 is 1.71 bits per heavy atom. The van der Waals surface area contributed by atoms with Crippen LogP contribution in [0.4, 0.5) is 0 Å². The van der Waals surface area contributed by atoms with Crippen LogP contribution in [-0.2, 0) is 0 Å². The number of fused-ring (bicyclic) bond motifs is 6. The molecule has 3 N–H and O–H groups in total. The normalized spacial score (nSPS) is 12.9. The van der Waals surface area contributed by atoms with Crippen molar-refractivity contribution in [2.24, 2.45) is 10.7 Å². The van der Waals surface area contributed by atoms with Crippen molar-refractivity contribution >= 4 is 49.8 Å². The Morgan fingerprint density at radius 1 is 0.429 bits per heavy atom. The first-order chi connectivity index (χ1) is 27.7. The van der Waals surface area contributed by atoms with Crippen molar-refractivity contribution in [2.75, 3.05) is 0 Å². The fourth-order valence-corrected chi connectivity index (χ4v) is 8.12. The molecule has 0 radical (unpaired) electrons. The van der Waals surface area contributed by atoms with Gasteiger partial charge in [-0.05, 0) is 82.4 Å². The standard InChI is InChI=1S/C51H39N5/c52-50(54-51(36-17-6-2-7-18-36)53-34-35-15-4-1-5-16-35)39-19-14-22-41(31-39)56-47-26-13-11-24-43(47)45-32-37(28-30-48(45)56)38-27-29-44-42-23-10-12-25-46(42)55(49(44)33-38)40-20-8-3-9-21-40/h1-34,50-51,54H,52H2. The molecular weight excluding hydrogens is 683 g/mol. The van der Waals surface area contributed by atoms with E-state index in [2.05, 4.69) is 166 Å². The summed E-state index contributed by atoms with van der Waals surface area (Å²) in [5, 5.41) is 8.50. The highest BCUT2D eigenvalue weighted by atomic mass is 15.1. The molecule has 0 fully saturated rings. The zero-order chi connectivity index (χ0) is 37.4. The number of hydrogen-bond acceptors (Lipinski definition) is 3. The summed E-state index contributed by atoms with van der Waals surface area (Å²) in [7, 11) is 0. The first-order valence-corrected chi connectivity index (χ1v) is 19.1. The number of nitrogens with zero attached hydrogens (tertiary/aromatic N) is 3. The predicted octanol–water partition coefficient (Wildman–Crippen LogP) is 11.9. The fraction of sp³-hybridized carbons (Fsp3) is 0.0392. The molecule has 2 heterocycles. The number of benzene rings is 8. The lowest BCUT2D eigenvalue weighted by atomic mass is 10.0. The molecule has 5 heteroatoms. The third-order valence-electron chi connectivity index (χ3n) is 10.8. The van der Waals surface area contributed by atoms with Gasteiger partial charge in [0.1, 0.15) is 6.17 Å². The second kappa shape index (κ2) is 14.3. The summed E-state index contributed by atoms with van der Waals surface area (Å²) >= 11 is 0. The average molecular weight is 722 g/mol. The largest absolute Gasteiger partial charge is 0.312 e. The van der Waals surface area contributed by atoms with Crippen LogP contribution < -0.4 is 11.1 Å².